The van der Waals surface area contributed by atoms with Crippen LogP contribution in [0.5, 0.6) is 5.75 Å². The van der Waals surface area contributed by atoms with Crippen molar-refractivity contribution in [2.75, 3.05) is 5.88 Å². The summed E-state index contributed by atoms with van der Waals surface area (Å²) in [7, 11) is 0. The van der Waals surface area contributed by atoms with Gasteiger partial charge in [-0.1, -0.05) is 12.8 Å². The fourth-order valence-electron chi connectivity index (χ4n) is 2.61. The number of ether oxygens (including phenoxy) is 1. The highest BCUT2D eigenvalue weighted by molar-refractivity contribution is 6.19. The zero-order chi connectivity index (χ0) is 14.6. The number of halogens is 1. The van der Waals surface area contributed by atoms with Crippen LogP contribution in [0.3, 0.4) is 0 Å². The van der Waals surface area contributed by atoms with E-state index >= 15 is 0 Å². The quantitative estimate of drug-likeness (QED) is 0.840. The van der Waals surface area contributed by atoms with Crippen LogP contribution in [0.1, 0.15) is 49.9 Å². The second-order valence-corrected chi connectivity index (χ2v) is 6.03. The molecule has 1 amide bonds. The zero-order valence-corrected chi connectivity index (χ0v) is 12.9. The summed E-state index contributed by atoms with van der Waals surface area (Å²) in [6, 6.07) is 7.25. The fraction of sp³-hybridized carbons (Fsp3) is 0.562. The van der Waals surface area contributed by atoms with E-state index in [1.807, 2.05) is 26.0 Å². The third-order valence-electron chi connectivity index (χ3n) is 3.68. The van der Waals surface area contributed by atoms with Crippen LogP contribution in [-0.4, -0.2) is 23.4 Å². The lowest BCUT2D eigenvalue weighted by atomic mass is 9.99. The number of carbonyl (C=O) groups excluding carboxylic acids is 1. The van der Waals surface area contributed by atoms with Crippen molar-refractivity contribution >= 4 is 17.5 Å². The molecule has 110 valence electrons. The van der Waals surface area contributed by atoms with E-state index in [2.05, 4.69) is 5.32 Å². The first-order chi connectivity index (χ1) is 9.54. The molecule has 1 aliphatic rings. The van der Waals surface area contributed by atoms with E-state index in [1.54, 1.807) is 12.1 Å². The van der Waals surface area contributed by atoms with Crippen molar-refractivity contribution in [1.29, 1.82) is 0 Å². The highest BCUT2D eigenvalue weighted by atomic mass is 35.5. The number of nitrogens with one attached hydrogen (secondary N) is 1. The van der Waals surface area contributed by atoms with Gasteiger partial charge in [0.05, 0.1) is 11.6 Å². The molecule has 1 saturated carbocycles. The van der Waals surface area contributed by atoms with Gasteiger partial charge in [0.1, 0.15) is 5.75 Å². The third kappa shape index (κ3) is 3.66. The van der Waals surface area contributed by atoms with Gasteiger partial charge in [0.15, 0.2) is 0 Å². The number of hydrogen-bond acceptors (Lipinski definition) is 2. The van der Waals surface area contributed by atoms with Gasteiger partial charge in [-0.3, -0.25) is 4.79 Å². The Hall–Kier alpha value is -1.22. The molecular weight excluding hydrogens is 274 g/mol. The summed E-state index contributed by atoms with van der Waals surface area (Å²) in [5, 5.41) is 3.11. The van der Waals surface area contributed by atoms with Crippen molar-refractivity contribution in [2.24, 2.45) is 0 Å². The Kier molecular flexibility index (Phi) is 4.92. The minimum absolute atomic E-state index is 0.0522. The molecule has 0 bridgehead atoms. The molecule has 0 spiro atoms. The van der Waals surface area contributed by atoms with Crippen LogP contribution in [0.25, 0.3) is 0 Å². The molecule has 3 nitrogen and oxygen atoms in total. The molecule has 20 heavy (non-hydrogen) atoms. The van der Waals surface area contributed by atoms with E-state index in [-0.39, 0.29) is 17.6 Å². The Bertz CT molecular complexity index is 450. The molecule has 2 rings (SSSR count). The van der Waals surface area contributed by atoms with Crippen LogP contribution in [0.4, 0.5) is 0 Å². The predicted octanol–water partition coefficient (Wildman–Crippen LogP) is 3.76. The Morgan fingerprint density at radius 3 is 2.40 bits per heavy atom. The SMILES string of the molecule is CC(C)Oc1ccc(C(=O)NC2(CCl)CCCC2)cc1. The lowest BCUT2D eigenvalue weighted by Gasteiger charge is -2.27. The van der Waals surface area contributed by atoms with Crippen LogP contribution >= 0.6 is 11.6 Å². The summed E-state index contributed by atoms with van der Waals surface area (Å²) in [5.74, 6) is 1.21. The van der Waals surface area contributed by atoms with Gasteiger partial charge in [-0.05, 0) is 51.0 Å². The van der Waals surface area contributed by atoms with Crippen molar-refractivity contribution < 1.29 is 9.53 Å². The number of rotatable bonds is 5. The molecule has 0 aliphatic heterocycles. The second-order valence-electron chi connectivity index (χ2n) is 5.77. The smallest absolute Gasteiger partial charge is 0.251 e. The molecular formula is C16H22ClNO2. The van der Waals surface area contributed by atoms with Crippen LogP contribution in [0.15, 0.2) is 24.3 Å². The molecule has 1 aliphatic carbocycles. The van der Waals surface area contributed by atoms with Gasteiger partial charge in [-0.2, -0.15) is 0 Å². The van der Waals surface area contributed by atoms with Gasteiger partial charge >= 0.3 is 0 Å². The van der Waals surface area contributed by atoms with Crippen LogP contribution in [-0.2, 0) is 0 Å². The molecule has 0 aromatic heterocycles. The Balaban J connectivity index is 2.02. The van der Waals surface area contributed by atoms with E-state index in [4.69, 9.17) is 16.3 Å². The van der Waals surface area contributed by atoms with E-state index in [0.29, 0.717) is 11.4 Å². The molecule has 1 fully saturated rings. The average Bonchev–Trinajstić information content (AvgIpc) is 2.88. The van der Waals surface area contributed by atoms with E-state index in [0.717, 1.165) is 31.4 Å². The van der Waals surface area contributed by atoms with E-state index in [9.17, 15) is 4.79 Å². The fourth-order valence-corrected chi connectivity index (χ4v) is 2.95. The van der Waals surface area contributed by atoms with E-state index < -0.39 is 0 Å². The molecule has 0 atom stereocenters. The maximum absolute atomic E-state index is 12.3. The van der Waals surface area contributed by atoms with Gasteiger partial charge in [0, 0.05) is 11.4 Å². The summed E-state index contributed by atoms with van der Waals surface area (Å²) in [4.78, 5) is 12.3. The highest BCUT2D eigenvalue weighted by Crippen LogP contribution is 2.31. The Morgan fingerprint density at radius 2 is 1.90 bits per heavy atom. The lowest BCUT2D eigenvalue weighted by molar-refractivity contribution is 0.0909. The van der Waals surface area contributed by atoms with Gasteiger partial charge < -0.3 is 10.1 Å². The topological polar surface area (TPSA) is 38.3 Å². The maximum Gasteiger partial charge on any atom is 0.251 e. The third-order valence-corrected chi connectivity index (χ3v) is 4.20. The van der Waals surface area contributed by atoms with Crippen molar-refractivity contribution in [3.63, 3.8) is 0 Å². The summed E-state index contributed by atoms with van der Waals surface area (Å²) in [6.07, 6.45) is 4.34. The van der Waals surface area contributed by atoms with Crippen LogP contribution in [0, 0.1) is 0 Å². The van der Waals surface area contributed by atoms with Crippen molar-refractivity contribution in [3.8, 4) is 5.75 Å². The molecule has 0 heterocycles. The van der Waals surface area contributed by atoms with Gasteiger partial charge in [0.25, 0.3) is 5.91 Å². The number of amides is 1. The summed E-state index contributed by atoms with van der Waals surface area (Å²) < 4.78 is 5.57. The lowest BCUT2D eigenvalue weighted by Crippen LogP contribution is -2.47. The molecule has 1 aromatic rings. The first-order valence-electron chi connectivity index (χ1n) is 7.20. The minimum atomic E-state index is -0.217. The Labute approximate surface area is 125 Å². The second kappa shape index (κ2) is 6.49. The van der Waals surface area contributed by atoms with Gasteiger partial charge in [0.2, 0.25) is 0 Å². The predicted molar refractivity (Wildman–Crippen MR) is 81.6 cm³/mol. The summed E-state index contributed by atoms with van der Waals surface area (Å²) in [5.41, 5.74) is 0.434. The Morgan fingerprint density at radius 1 is 1.30 bits per heavy atom. The first-order valence-corrected chi connectivity index (χ1v) is 7.73. The minimum Gasteiger partial charge on any atom is -0.491 e. The maximum atomic E-state index is 12.3. The number of hydrogen-bond donors (Lipinski definition) is 1. The summed E-state index contributed by atoms with van der Waals surface area (Å²) >= 11 is 6.04. The highest BCUT2D eigenvalue weighted by Gasteiger charge is 2.34. The molecule has 0 unspecified atom stereocenters. The number of carbonyl (C=O) groups is 1. The number of alkyl halides is 1. The summed E-state index contributed by atoms with van der Waals surface area (Å²) in [6.45, 7) is 3.95. The van der Waals surface area contributed by atoms with Gasteiger partial charge in [-0.15, -0.1) is 11.6 Å². The molecule has 0 radical (unpaired) electrons. The molecule has 0 saturated heterocycles. The normalized spacial score (nSPS) is 17.2. The monoisotopic (exact) mass is 295 g/mol. The van der Waals surface area contributed by atoms with Gasteiger partial charge in [-0.25, -0.2) is 0 Å². The molecule has 1 aromatic carbocycles. The van der Waals surface area contributed by atoms with Crippen molar-refractivity contribution in [3.05, 3.63) is 29.8 Å². The first kappa shape index (κ1) is 15.2. The number of benzene rings is 1. The van der Waals surface area contributed by atoms with Crippen molar-refractivity contribution in [1.82, 2.24) is 5.32 Å². The zero-order valence-electron chi connectivity index (χ0n) is 12.1. The van der Waals surface area contributed by atoms with Crippen molar-refractivity contribution in [2.45, 2.75) is 51.2 Å². The van der Waals surface area contributed by atoms with E-state index in [1.165, 1.54) is 0 Å². The molecule has 1 N–H and O–H groups in total. The standard InChI is InChI=1S/C16H22ClNO2/c1-12(2)20-14-7-5-13(6-8-14)15(19)18-16(11-17)9-3-4-10-16/h5-8,12H,3-4,9-11H2,1-2H3,(H,18,19). The van der Waals surface area contributed by atoms with Crippen LogP contribution in [0.2, 0.25) is 0 Å². The largest absolute Gasteiger partial charge is 0.491 e. The van der Waals surface area contributed by atoms with Crippen LogP contribution < -0.4 is 10.1 Å². The average molecular weight is 296 g/mol. The molecule has 4 heteroatoms.